The normalized spacial score (nSPS) is 10.3. The second kappa shape index (κ2) is 7.57. The van der Waals surface area contributed by atoms with Crippen molar-refractivity contribution in [3.63, 3.8) is 0 Å². The molecule has 0 spiro atoms. The van der Waals surface area contributed by atoms with E-state index in [0.29, 0.717) is 6.54 Å². The fourth-order valence-electron chi connectivity index (χ4n) is 2.59. The van der Waals surface area contributed by atoms with E-state index in [1.165, 1.54) is 0 Å². The molecule has 0 unspecified atom stereocenters. The Kier molecular flexibility index (Phi) is 5.04. The number of hydrogen-bond donors (Lipinski definition) is 1. The first-order valence-electron chi connectivity index (χ1n) is 8.04. The van der Waals surface area contributed by atoms with Crippen molar-refractivity contribution in [1.82, 2.24) is 9.47 Å². The van der Waals surface area contributed by atoms with Crippen molar-refractivity contribution in [2.75, 3.05) is 19.5 Å². The first kappa shape index (κ1) is 16.6. The summed E-state index contributed by atoms with van der Waals surface area (Å²) in [6.07, 6.45) is 3.94. The smallest absolute Gasteiger partial charge is 0.321 e. The van der Waals surface area contributed by atoms with Crippen LogP contribution in [-0.4, -0.2) is 29.7 Å². The second-order valence-corrected chi connectivity index (χ2v) is 5.78. The van der Waals surface area contributed by atoms with Gasteiger partial charge in [0.2, 0.25) is 0 Å². The number of carbonyl (C=O) groups is 1. The zero-order valence-electron chi connectivity index (χ0n) is 14.3. The zero-order valence-corrected chi connectivity index (χ0v) is 14.3. The van der Waals surface area contributed by atoms with E-state index in [1.807, 2.05) is 77.6 Å². The van der Waals surface area contributed by atoms with Gasteiger partial charge in [0, 0.05) is 37.4 Å². The van der Waals surface area contributed by atoms with Crippen LogP contribution in [0.25, 0.3) is 5.69 Å². The van der Waals surface area contributed by atoms with Crippen LogP contribution in [0.5, 0.6) is 5.75 Å². The maximum atomic E-state index is 12.4. The Labute approximate surface area is 147 Å². The van der Waals surface area contributed by atoms with Crippen molar-refractivity contribution in [1.29, 1.82) is 0 Å². The van der Waals surface area contributed by atoms with E-state index < -0.39 is 0 Å². The van der Waals surface area contributed by atoms with E-state index in [9.17, 15) is 4.79 Å². The topological polar surface area (TPSA) is 46.5 Å². The maximum absolute atomic E-state index is 12.4. The number of aromatic nitrogens is 1. The number of hydrogen-bond acceptors (Lipinski definition) is 2. The van der Waals surface area contributed by atoms with Crippen LogP contribution in [-0.2, 0) is 6.54 Å². The van der Waals surface area contributed by atoms with Crippen LogP contribution in [0, 0.1) is 0 Å². The van der Waals surface area contributed by atoms with Gasteiger partial charge in [-0.05, 0) is 48.0 Å². The number of rotatable bonds is 5. The molecule has 1 aromatic heterocycles. The Morgan fingerprint density at radius 3 is 2.60 bits per heavy atom. The largest absolute Gasteiger partial charge is 0.497 e. The summed E-state index contributed by atoms with van der Waals surface area (Å²) in [6, 6.07) is 19.2. The van der Waals surface area contributed by atoms with Gasteiger partial charge < -0.3 is 19.5 Å². The third kappa shape index (κ3) is 4.20. The van der Waals surface area contributed by atoms with E-state index in [4.69, 9.17) is 4.74 Å². The van der Waals surface area contributed by atoms with Crippen molar-refractivity contribution in [2.24, 2.45) is 0 Å². The Morgan fingerprint density at radius 1 is 1.08 bits per heavy atom. The minimum atomic E-state index is -0.160. The first-order valence-corrected chi connectivity index (χ1v) is 8.04. The summed E-state index contributed by atoms with van der Waals surface area (Å²) in [6.45, 7) is 0.500. The Balaban J connectivity index is 1.66. The molecule has 0 aliphatic heterocycles. The van der Waals surface area contributed by atoms with Crippen LogP contribution in [0.1, 0.15) is 5.56 Å². The number of benzene rings is 2. The summed E-state index contributed by atoms with van der Waals surface area (Å²) in [5, 5.41) is 2.94. The van der Waals surface area contributed by atoms with Gasteiger partial charge in [0.1, 0.15) is 5.75 Å². The second-order valence-electron chi connectivity index (χ2n) is 5.78. The molecule has 0 bridgehead atoms. The standard InChI is InChI=1S/C20H21N3O2/c1-22(15-16-7-5-10-19(13-16)25-2)20(24)21-17-8-6-9-18(14-17)23-11-3-4-12-23/h3-14H,15H2,1-2H3,(H,21,24). The third-order valence-electron chi connectivity index (χ3n) is 3.90. The lowest BCUT2D eigenvalue weighted by Gasteiger charge is -2.19. The van der Waals surface area contributed by atoms with Crippen molar-refractivity contribution >= 4 is 11.7 Å². The van der Waals surface area contributed by atoms with Crippen molar-refractivity contribution < 1.29 is 9.53 Å². The van der Waals surface area contributed by atoms with Crippen molar-refractivity contribution in [3.05, 3.63) is 78.6 Å². The van der Waals surface area contributed by atoms with E-state index in [-0.39, 0.29) is 6.03 Å². The molecule has 5 heteroatoms. The minimum absolute atomic E-state index is 0.160. The highest BCUT2D eigenvalue weighted by atomic mass is 16.5. The molecule has 2 aromatic carbocycles. The lowest BCUT2D eigenvalue weighted by atomic mass is 10.2. The average Bonchev–Trinajstić information content (AvgIpc) is 3.17. The summed E-state index contributed by atoms with van der Waals surface area (Å²) in [7, 11) is 3.40. The molecule has 128 valence electrons. The van der Waals surface area contributed by atoms with E-state index >= 15 is 0 Å². The minimum Gasteiger partial charge on any atom is -0.497 e. The average molecular weight is 335 g/mol. The number of ether oxygens (including phenoxy) is 1. The number of carbonyl (C=O) groups excluding carboxylic acids is 1. The summed E-state index contributed by atoms with van der Waals surface area (Å²) in [4.78, 5) is 14.1. The van der Waals surface area contributed by atoms with Gasteiger partial charge in [-0.3, -0.25) is 0 Å². The lowest BCUT2D eigenvalue weighted by molar-refractivity contribution is 0.220. The van der Waals surface area contributed by atoms with Gasteiger partial charge in [0.25, 0.3) is 0 Å². The first-order chi connectivity index (χ1) is 12.2. The third-order valence-corrected chi connectivity index (χ3v) is 3.90. The molecule has 3 aromatic rings. The molecule has 1 N–H and O–H groups in total. The van der Waals surface area contributed by atoms with Crippen LogP contribution in [0.4, 0.5) is 10.5 Å². The van der Waals surface area contributed by atoms with Crippen LogP contribution in [0.2, 0.25) is 0 Å². The Morgan fingerprint density at radius 2 is 1.84 bits per heavy atom. The number of anilines is 1. The zero-order chi connectivity index (χ0) is 17.6. The highest BCUT2D eigenvalue weighted by Gasteiger charge is 2.10. The molecule has 0 saturated heterocycles. The van der Waals surface area contributed by atoms with Crippen LogP contribution < -0.4 is 10.1 Å². The number of nitrogens with one attached hydrogen (secondary N) is 1. The van der Waals surface area contributed by atoms with Crippen LogP contribution in [0.15, 0.2) is 73.1 Å². The summed E-state index contributed by atoms with van der Waals surface area (Å²) >= 11 is 0. The van der Waals surface area contributed by atoms with Gasteiger partial charge in [-0.1, -0.05) is 18.2 Å². The molecule has 0 atom stereocenters. The molecular formula is C20H21N3O2. The van der Waals surface area contributed by atoms with Gasteiger partial charge in [-0.25, -0.2) is 4.79 Å². The van der Waals surface area contributed by atoms with Gasteiger partial charge in [-0.2, -0.15) is 0 Å². The Hall–Kier alpha value is -3.21. The molecule has 0 radical (unpaired) electrons. The molecule has 0 aliphatic carbocycles. The van der Waals surface area contributed by atoms with Crippen LogP contribution in [0.3, 0.4) is 0 Å². The summed E-state index contributed by atoms with van der Waals surface area (Å²) < 4.78 is 7.22. The van der Waals surface area contributed by atoms with E-state index in [1.54, 1.807) is 19.1 Å². The predicted octanol–water partition coefficient (Wildman–Crippen LogP) is 4.15. The lowest BCUT2D eigenvalue weighted by Crippen LogP contribution is -2.30. The molecule has 5 nitrogen and oxygen atoms in total. The summed E-state index contributed by atoms with van der Waals surface area (Å²) in [5.41, 5.74) is 2.77. The highest BCUT2D eigenvalue weighted by Crippen LogP contribution is 2.17. The van der Waals surface area contributed by atoms with Gasteiger partial charge in [0.15, 0.2) is 0 Å². The fraction of sp³-hybridized carbons (Fsp3) is 0.150. The summed E-state index contributed by atoms with van der Waals surface area (Å²) in [5.74, 6) is 0.783. The molecule has 25 heavy (non-hydrogen) atoms. The number of nitrogens with zero attached hydrogens (tertiary/aromatic N) is 2. The quantitative estimate of drug-likeness (QED) is 0.761. The van der Waals surface area contributed by atoms with Crippen molar-refractivity contribution in [2.45, 2.75) is 6.54 Å². The van der Waals surface area contributed by atoms with Gasteiger partial charge >= 0.3 is 6.03 Å². The molecule has 3 rings (SSSR count). The predicted molar refractivity (Wildman–Crippen MR) is 99.2 cm³/mol. The molecule has 2 amide bonds. The molecular weight excluding hydrogens is 314 g/mol. The number of urea groups is 1. The molecule has 0 fully saturated rings. The van der Waals surface area contributed by atoms with Crippen molar-refractivity contribution in [3.8, 4) is 11.4 Å². The molecule has 0 aliphatic rings. The molecule has 1 heterocycles. The number of amides is 2. The number of methoxy groups -OCH3 is 1. The maximum Gasteiger partial charge on any atom is 0.321 e. The molecule has 0 saturated carbocycles. The van der Waals surface area contributed by atoms with Crippen LogP contribution >= 0.6 is 0 Å². The van der Waals surface area contributed by atoms with E-state index in [0.717, 1.165) is 22.7 Å². The van der Waals surface area contributed by atoms with E-state index in [2.05, 4.69) is 5.32 Å². The van der Waals surface area contributed by atoms with Gasteiger partial charge in [-0.15, -0.1) is 0 Å². The monoisotopic (exact) mass is 335 g/mol. The highest BCUT2D eigenvalue weighted by molar-refractivity contribution is 5.89. The van der Waals surface area contributed by atoms with Gasteiger partial charge in [0.05, 0.1) is 7.11 Å². The Bertz CT molecular complexity index is 844. The SMILES string of the molecule is COc1cccc(CN(C)C(=O)Nc2cccc(-n3cccc3)c2)c1. The fourth-order valence-corrected chi connectivity index (χ4v) is 2.59.